The van der Waals surface area contributed by atoms with E-state index in [1.807, 2.05) is 0 Å². The molecule has 1 aromatic heterocycles. The third-order valence-electron chi connectivity index (χ3n) is 4.80. The van der Waals surface area contributed by atoms with Crippen molar-refractivity contribution in [3.8, 4) is 11.5 Å². The number of oxazole rings is 1. The normalized spacial score (nSPS) is 13.2. The van der Waals surface area contributed by atoms with Gasteiger partial charge >= 0.3 is 0 Å². The number of nitrogens with zero attached hydrogens (tertiary/aromatic N) is 3. The van der Waals surface area contributed by atoms with Crippen LogP contribution in [0.5, 0.6) is 0 Å². The molecule has 30 heavy (non-hydrogen) atoms. The molecule has 0 atom stereocenters. The summed E-state index contributed by atoms with van der Waals surface area (Å²) in [7, 11) is 0. The predicted molar refractivity (Wildman–Crippen MR) is 109 cm³/mol. The van der Waals surface area contributed by atoms with Gasteiger partial charge in [-0.25, -0.2) is 9.88 Å². The molecule has 2 amide bonds. The molecule has 0 unspecified atom stereocenters. The zero-order chi connectivity index (χ0) is 21.0. The van der Waals surface area contributed by atoms with Crippen molar-refractivity contribution in [1.29, 1.82) is 0 Å². The van der Waals surface area contributed by atoms with E-state index in [0.717, 1.165) is 4.90 Å². The number of benzene rings is 3. The lowest BCUT2D eigenvalue weighted by Crippen LogP contribution is -2.29. The lowest BCUT2D eigenvalue weighted by molar-refractivity contribution is -0.384. The number of imide groups is 1. The van der Waals surface area contributed by atoms with E-state index in [1.165, 1.54) is 30.3 Å². The largest absolute Gasteiger partial charge is 0.436 e. The molecule has 3 aromatic carbocycles. The number of anilines is 1. The van der Waals surface area contributed by atoms with Crippen LogP contribution in [0.15, 0.2) is 65.1 Å². The number of non-ortho nitro benzene ring substituents is 1. The first kappa shape index (κ1) is 18.0. The number of fused-ring (bicyclic) bond motifs is 2. The van der Waals surface area contributed by atoms with Crippen molar-refractivity contribution in [2.24, 2.45) is 0 Å². The van der Waals surface area contributed by atoms with Gasteiger partial charge < -0.3 is 4.42 Å². The molecule has 1 aliphatic rings. The number of halogens is 1. The van der Waals surface area contributed by atoms with Gasteiger partial charge in [0.05, 0.1) is 27.8 Å². The predicted octanol–water partition coefficient (Wildman–Crippen LogP) is 4.86. The summed E-state index contributed by atoms with van der Waals surface area (Å²) in [6.07, 6.45) is 0. The molecule has 0 saturated heterocycles. The highest BCUT2D eigenvalue weighted by atomic mass is 35.5. The Bertz CT molecular complexity index is 1380. The van der Waals surface area contributed by atoms with Gasteiger partial charge in [-0.1, -0.05) is 11.6 Å². The number of carbonyl (C=O) groups is 2. The molecule has 0 saturated carbocycles. The van der Waals surface area contributed by atoms with Gasteiger partial charge in [0, 0.05) is 16.7 Å². The zero-order valence-electron chi connectivity index (χ0n) is 15.0. The average molecular weight is 420 g/mol. The Balaban J connectivity index is 1.55. The van der Waals surface area contributed by atoms with E-state index < -0.39 is 16.7 Å². The smallest absolute Gasteiger partial charge is 0.273 e. The van der Waals surface area contributed by atoms with Gasteiger partial charge in [-0.2, -0.15) is 0 Å². The fraction of sp³-hybridized carbons (Fsp3) is 0. The summed E-state index contributed by atoms with van der Waals surface area (Å²) in [6, 6.07) is 15.2. The first-order valence-corrected chi connectivity index (χ1v) is 9.14. The summed E-state index contributed by atoms with van der Waals surface area (Å²) in [5.41, 5.74) is 1.98. The number of amides is 2. The summed E-state index contributed by atoms with van der Waals surface area (Å²) >= 11 is 5.89. The van der Waals surface area contributed by atoms with Crippen molar-refractivity contribution in [2.45, 2.75) is 0 Å². The number of hydrogen-bond donors (Lipinski definition) is 0. The van der Waals surface area contributed by atoms with Crippen LogP contribution >= 0.6 is 11.6 Å². The van der Waals surface area contributed by atoms with Crippen molar-refractivity contribution >= 4 is 45.9 Å². The van der Waals surface area contributed by atoms with E-state index in [4.69, 9.17) is 16.0 Å². The van der Waals surface area contributed by atoms with E-state index in [-0.39, 0.29) is 28.3 Å². The van der Waals surface area contributed by atoms with Gasteiger partial charge in [0.15, 0.2) is 5.58 Å². The topological polar surface area (TPSA) is 107 Å². The van der Waals surface area contributed by atoms with Crippen molar-refractivity contribution in [3.63, 3.8) is 0 Å². The molecule has 9 heteroatoms. The highest BCUT2D eigenvalue weighted by Crippen LogP contribution is 2.33. The standard InChI is InChI=1S/C21H10ClN3O5/c22-12-2-4-13(5-3-12)24-20(26)15-7-1-11(9-16(15)21(24)27)19-23-17-8-6-14(25(28)29)10-18(17)30-19/h1-10H. The number of hydrogen-bond acceptors (Lipinski definition) is 6. The summed E-state index contributed by atoms with van der Waals surface area (Å²) in [4.78, 5) is 41.5. The average Bonchev–Trinajstić information content (AvgIpc) is 3.27. The molecule has 1 aliphatic heterocycles. The van der Waals surface area contributed by atoms with Crippen molar-refractivity contribution in [2.75, 3.05) is 4.90 Å². The summed E-state index contributed by atoms with van der Waals surface area (Å²) < 4.78 is 5.65. The molecule has 0 aliphatic carbocycles. The number of carbonyl (C=O) groups excluding carboxylic acids is 2. The second-order valence-electron chi connectivity index (χ2n) is 6.61. The van der Waals surface area contributed by atoms with Crippen LogP contribution in [0.3, 0.4) is 0 Å². The zero-order valence-corrected chi connectivity index (χ0v) is 15.8. The maximum atomic E-state index is 12.9. The Kier molecular flexibility index (Phi) is 3.90. The molecule has 2 heterocycles. The van der Waals surface area contributed by atoms with Crippen LogP contribution < -0.4 is 4.90 Å². The first-order chi connectivity index (χ1) is 14.4. The summed E-state index contributed by atoms with van der Waals surface area (Å²) in [6.45, 7) is 0. The molecule has 0 bridgehead atoms. The van der Waals surface area contributed by atoms with Gasteiger partial charge in [0.2, 0.25) is 5.89 Å². The number of nitro benzene ring substituents is 1. The molecule has 0 radical (unpaired) electrons. The summed E-state index contributed by atoms with van der Waals surface area (Å²) in [5, 5.41) is 11.4. The Hall–Kier alpha value is -4.04. The Labute approximate surface area is 173 Å². The van der Waals surface area contributed by atoms with Gasteiger partial charge in [-0.05, 0) is 48.5 Å². The van der Waals surface area contributed by atoms with Gasteiger partial charge in [-0.15, -0.1) is 0 Å². The van der Waals surface area contributed by atoms with Crippen LogP contribution in [0.25, 0.3) is 22.6 Å². The van der Waals surface area contributed by atoms with Crippen molar-refractivity contribution in [1.82, 2.24) is 4.98 Å². The lowest BCUT2D eigenvalue weighted by Gasteiger charge is -2.13. The molecule has 146 valence electrons. The highest BCUT2D eigenvalue weighted by Gasteiger charge is 2.37. The highest BCUT2D eigenvalue weighted by molar-refractivity contribution is 6.35. The second-order valence-corrected chi connectivity index (χ2v) is 7.05. The molecule has 8 nitrogen and oxygen atoms in total. The SMILES string of the molecule is O=C1c2ccc(-c3nc4ccc([N+](=O)[O-])cc4o3)cc2C(=O)N1c1ccc(Cl)cc1. The van der Waals surface area contributed by atoms with E-state index >= 15 is 0 Å². The monoisotopic (exact) mass is 419 g/mol. The maximum Gasteiger partial charge on any atom is 0.273 e. The fourth-order valence-corrected chi connectivity index (χ4v) is 3.47. The molecule has 5 rings (SSSR count). The minimum Gasteiger partial charge on any atom is -0.436 e. The number of rotatable bonds is 3. The van der Waals surface area contributed by atoms with Crippen LogP contribution in [-0.4, -0.2) is 21.7 Å². The van der Waals surface area contributed by atoms with Crippen LogP contribution in [0.1, 0.15) is 20.7 Å². The summed E-state index contributed by atoms with van der Waals surface area (Å²) in [5.74, 6) is -0.707. The van der Waals surface area contributed by atoms with Gasteiger partial charge in [-0.3, -0.25) is 19.7 Å². The lowest BCUT2D eigenvalue weighted by atomic mass is 10.1. The van der Waals surface area contributed by atoms with E-state index in [1.54, 1.807) is 30.3 Å². The van der Waals surface area contributed by atoms with Crippen molar-refractivity contribution < 1.29 is 18.9 Å². The second kappa shape index (κ2) is 6.50. The Morgan fingerprint density at radius 3 is 2.40 bits per heavy atom. The van der Waals surface area contributed by atoms with E-state index in [9.17, 15) is 19.7 Å². The molecule has 0 N–H and O–H groups in total. The molecular formula is C21H10ClN3O5. The third kappa shape index (κ3) is 2.73. The van der Waals surface area contributed by atoms with Crippen LogP contribution in [-0.2, 0) is 0 Å². The molecule has 0 spiro atoms. The number of aromatic nitrogens is 1. The van der Waals surface area contributed by atoms with Crippen LogP contribution in [0, 0.1) is 10.1 Å². The fourth-order valence-electron chi connectivity index (χ4n) is 3.35. The maximum absolute atomic E-state index is 12.9. The Morgan fingerprint density at radius 2 is 1.67 bits per heavy atom. The van der Waals surface area contributed by atoms with E-state index in [0.29, 0.717) is 21.8 Å². The van der Waals surface area contributed by atoms with Gasteiger partial charge in [0.25, 0.3) is 17.5 Å². The Morgan fingerprint density at radius 1 is 0.933 bits per heavy atom. The van der Waals surface area contributed by atoms with Crippen molar-refractivity contribution in [3.05, 3.63) is 86.9 Å². The molecule has 4 aromatic rings. The first-order valence-electron chi connectivity index (χ1n) is 8.76. The minimum absolute atomic E-state index is 0.112. The van der Waals surface area contributed by atoms with E-state index in [2.05, 4.69) is 4.98 Å². The molecule has 0 fully saturated rings. The van der Waals surface area contributed by atoms with Crippen LogP contribution in [0.4, 0.5) is 11.4 Å². The van der Waals surface area contributed by atoms with Crippen LogP contribution in [0.2, 0.25) is 5.02 Å². The quantitative estimate of drug-likeness (QED) is 0.267. The third-order valence-corrected chi connectivity index (χ3v) is 5.05. The minimum atomic E-state index is -0.521. The molecular weight excluding hydrogens is 410 g/mol. The van der Waals surface area contributed by atoms with Gasteiger partial charge in [0.1, 0.15) is 5.52 Å². The number of nitro groups is 1.